The predicted molar refractivity (Wildman–Crippen MR) is 72.8 cm³/mol. The Morgan fingerprint density at radius 1 is 1.21 bits per heavy atom. The number of aliphatic hydroxyl groups is 1. The lowest BCUT2D eigenvalue weighted by atomic mass is 10.1. The molecule has 0 aliphatic rings. The van der Waals surface area contributed by atoms with Crippen molar-refractivity contribution in [3.05, 3.63) is 30.1 Å². The molecule has 0 spiro atoms. The number of aryl methyl sites for hydroxylation is 1. The van der Waals surface area contributed by atoms with Crippen LogP contribution in [0, 0.1) is 0 Å². The predicted octanol–water partition coefficient (Wildman–Crippen LogP) is 2.09. The van der Waals surface area contributed by atoms with Gasteiger partial charge in [0.2, 0.25) is 0 Å². The summed E-state index contributed by atoms with van der Waals surface area (Å²) in [5, 5.41) is 8.67. The Morgan fingerprint density at radius 2 is 1.89 bits per heavy atom. The van der Waals surface area contributed by atoms with Crippen molar-refractivity contribution < 1.29 is 19.2 Å². The standard InChI is InChI=1S/C15H24NO3/c1-19-15(18)14-9-8-11-16(13-14)10-6-4-2-3-5-7-12-17/h8-9,11,13,17H,2-7,10,12H2,1H3/q+1. The van der Waals surface area contributed by atoms with Crippen LogP contribution in [0.4, 0.5) is 0 Å². The first-order valence-corrected chi connectivity index (χ1v) is 6.96. The molecule has 19 heavy (non-hydrogen) atoms. The van der Waals surface area contributed by atoms with Crippen LogP contribution in [0.15, 0.2) is 24.5 Å². The number of ether oxygens (including phenoxy) is 1. The van der Waals surface area contributed by atoms with E-state index in [0.717, 1.165) is 25.8 Å². The SMILES string of the molecule is COC(=O)c1ccc[n+](CCCCCCCCO)c1. The van der Waals surface area contributed by atoms with Crippen LogP contribution in [0.25, 0.3) is 0 Å². The number of methoxy groups -OCH3 is 1. The van der Waals surface area contributed by atoms with Crippen LogP contribution < -0.4 is 4.57 Å². The van der Waals surface area contributed by atoms with Gasteiger partial charge in [0.25, 0.3) is 0 Å². The lowest BCUT2D eigenvalue weighted by Crippen LogP contribution is -2.33. The highest BCUT2D eigenvalue weighted by Gasteiger charge is 2.09. The molecule has 0 aliphatic carbocycles. The number of esters is 1. The fourth-order valence-electron chi connectivity index (χ4n) is 2.01. The van der Waals surface area contributed by atoms with Crippen LogP contribution in [0.1, 0.15) is 48.9 Å². The highest BCUT2D eigenvalue weighted by molar-refractivity contribution is 5.88. The van der Waals surface area contributed by atoms with Crippen LogP contribution in [-0.4, -0.2) is 24.8 Å². The Balaban J connectivity index is 2.24. The first kappa shape index (κ1) is 15.6. The summed E-state index contributed by atoms with van der Waals surface area (Å²) in [5.41, 5.74) is 0.591. The van der Waals surface area contributed by atoms with Crippen molar-refractivity contribution in [2.75, 3.05) is 13.7 Å². The Hall–Kier alpha value is -1.42. The number of aromatic nitrogens is 1. The Kier molecular flexibility index (Phi) is 7.82. The molecule has 0 amide bonds. The van der Waals surface area contributed by atoms with Crippen LogP contribution in [0.3, 0.4) is 0 Å². The highest BCUT2D eigenvalue weighted by Crippen LogP contribution is 2.05. The number of pyridine rings is 1. The molecule has 1 heterocycles. The monoisotopic (exact) mass is 266 g/mol. The number of hydrogen-bond acceptors (Lipinski definition) is 3. The molecule has 0 fully saturated rings. The number of unbranched alkanes of at least 4 members (excludes halogenated alkanes) is 5. The van der Waals surface area contributed by atoms with Crippen molar-refractivity contribution in [2.24, 2.45) is 0 Å². The summed E-state index contributed by atoms with van der Waals surface area (Å²) >= 11 is 0. The smallest absolute Gasteiger partial charge is 0.343 e. The number of hydrogen-bond donors (Lipinski definition) is 1. The molecular formula is C15H24NO3+. The Morgan fingerprint density at radius 3 is 2.58 bits per heavy atom. The summed E-state index contributed by atoms with van der Waals surface area (Å²) in [5.74, 6) is -0.293. The number of nitrogens with zero attached hydrogens (tertiary/aromatic N) is 1. The van der Waals surface area contributed by atoms with Gasteiger partial charge in [0, 0.05) is 19.1 Å². The third kappa shape index (κ3) is 6.34. The van der Waals surface area contributed by atoms with Gasteiger partial charge in [-0.3, -0.25) is 0 Å². The lowest BCUT2D eigenvalue weighted by Gasteiger charge is -2.01. The number of carbonyl (C=O) groups is 1. The molecule has 0 radical (unpaired) electrons. The number of aliphatic hydroxyl groups excluding tert-OH is 1. The van der Waals surface area contributed by atoms with E-state index < -0.39 is 0 Å². The van der Waals surface area contributed by atoms with Crippen LogP contribution in [-0.2, 0) is 11.3 Å². The molecule has 4 heteroatoms. The van der Waals surface area contributed by atoms with Crippen LogP contribution in [0.2, 0.25) is 0 Å². The fourth-order valence-corrected chi connectivity index (χ4v) is 2.01. The van der Waals surface area contributed by atoms with Gasteiger partial charge in [0.05, 0.1) is 7.11 Å². The van der Waals surface area contributed by atoms with Crippen molar-refractivity contribution in [1.29, 1.82) is 0 Å². The normalized spacial score (nSPS) is 10.4. The van der Waals surface area contributed by atoms with E-state index in [1.54, 1.807) is 6.07 Å². The Bertz CT molecular complexity index is 379. The minimum absolute atomic E-state index is 0.293. The zero-order valence-corrected chi connectivity index (χ0v) is 11.7. The third-order valence-electron chi connectivity index (χ3n) is 3.10. The minimum Gasteiger partial charge on any atom is -0.465 e. The molecule has 1 aromatic rings. The second kappa shape index (κ2) is 9.50. The van der Waals surface area contributed by atoms with Gasteiger partial charge >= 0.3 is 5.97 Å². The molecule has 1 aromatic heterocycles. The van der Waals surface area contributed by atoms with Gasteiger partial charge in [0.15, 0.2) is 12.4 Å². The van der Waals surface area contributed by atoms with Gasteiger partial charge in [-0.2, -0.15) is 0 Å². The maximum atomic E-state index is 11.4. The first-order chi connectivity index (χ1) is 9.27. The van der Waals surface area contributed by atoms with E-state index in [4.69, 9.17) is 9.84 Å². The second-order valence-electron chi connectivity index (χ2n) is 4.67. The summed E-state index contributed by atoms with van der Waals surface area (Å²) in [6, 6.07) is 3.63. The summed E-state index contributed by atoms with van der Waals surface area (Å²) in [6.45, 7) is 1.22. The molecule has 0 saturated heterocycles. The van der Waals surface area contributed by atoms with Gasteiger partial charge in [-0.05, 0) is 18.9 Å². The molecule has 0 unspecified atom stereocenters. The topological polar surface area (TPSA) is 50.4 Å². The van der Waals surface area contributed by atoms with Crippen LogP contribution in [0.5, 0.6) is 0 Å². The van der Waals surface area contributed by atoms with Crippen molar-refractivity contribution >= 4 is 5.97 Å². The molecule has 106 valence electrons. The van der Waals surface area contributed by atoms with E-state index in [1.807, 2.05) is 23.0 Å². The molecule has 4 nitrogen and oxygen atoms in total. The zero-order chi connectivity index (χ0) is 13.9. The highest BCUT2D eigenvalue weighted by atomic mass is 16.5. The number of carbonyl (C=O) groups excluding carboxylic acids is 1. The van der Waals surface area contributed by atoms with E-state index in [-0.39, 0.29) is 5.97 Å². The molecule has 1 N–H and O–H groups in total. The largest absolute Gasteiger partial charge is 0.465 e. The Labute approximate surface area is 115 Å². The first-order valence-electron chi connectivity index (χ1n) is 6.96. The van der Waals surface area contributed by atoms with E-state index >= 15 is 0 Å². The van der Waals surface area contributed by atoms with Gasteiger partial charge in [-0.1, -0.05) is 19.3 Å². The quantitative estimate of drug-likeness (QED) is 0.423. The summed E-state index contributed by atoms with van der Waals surface area (Å²) < 4.78 is 6.73. The molecule has 0 saturated carbocycles. The molecule has 0 aromatic carbocycles. The average Bonchev–Trinajstić information content (AvgIpc) is 2.46. The second-order valence-corrected chi connectivity index (χ2v) is 4.67. The number of rotatable bonds is 9. The maximum Gasteiger partial charge on any atom is 0.343 e. The van der Waals surface area contributed by atoms with Gasteiger partial charge in [-0.25, -0.2) is 9.36 Å². The summed E-state index contributed by atoms with van der Waals surface area (Å²) in [7, 11) is 1.39. The maximum absolute atomic E-state index is 11.4. The van der Waals surface area contributed by atoms with Crippen LogP contribution >= 0.6 is 0 Å². The van der Waals surface area contributed by atoms with E-state index in [0.29, 0.717) is 12.2 Å². The lowest BCUT2D eigenvalue weighted by molar-refractivity contribution is -0.697. The van der Waals surface area contributed by atoms with E-state index in [9.17, 15) is 4.79 Å². The summed E-state index contributed by atoms with van der Waals surface area (Å²) in [6.07, 6.45) is 10.5. The zero-order valence-electron chi connectivity index (χ0n) is 11.7. The van der Waals surface area contributed by atoms with E-state index in [2.05, 4.69) is 0 Å². The fraction of sp³-hybridized carbons (Fsp3) is 0.600. The van der Waals surface area contributed by atoms with Crippen molar-refractivity contribution in [3.63, 3.8) is 0 Å². The summed E-state index contributed by atoms with van der Waals surface area (Å²) in [4.78, 5) is 11.4. The third-order valence-corrected chi connectivity index (χ3v) is 3.10. The molecular weight excluding hydrogens is 242 g/mol. The van der Waals surface area contributed by atoms with Gasteiger partial charge in [0.1, 0.15) is 12.1 Å². The molecule has 0 atom stereocenters. The average molecular weight is 266 g/mol. The molecule has 0 aliphatic heterocycles. The van der Waals surface area contributed by atoms with Crippen molar-refractivity contribution in [1.82, 2.24) is 0 Å². The van der Waals surface area contributed by atoms with Crippen molar-refractivity contribution in [2.45, 2.75) is 45.1 Å². The van der Waals surface area contributed by atoms with Crippen molar-refractivity contribution in [3.8, 4) is 0 Å². The molecule has 1 rings (SSSR count). The van der Waals surface area contributed by atoms with E-state index in [1.165, 1.54) is 26.4 Å². The minimum atomic E-state index is -0.293. The molecule has 0 bridgehead atoms. The van der Waals surface area contributed by atoms with Gasteiger partial charge in [-0.15, -0.1) is 0 Å². The van der Waals surface area contributed by atoms with Gasteiger partial charge < -0.3 is 9.84 Å².